The van der Waals surface area contributed by atoms with Gasteiger partial charge in [-0.15, -0.1) is 0 Å². The van der Waals surface area contributed by atoms with Gasteiger partial charge in [-0.25, -0.2) is 4.68 Å². The molecular weight excluding hydrogens is 346 g/mol. The highest BCUT2D eigenvalue weighted by Gasteiger charge is 2.17. The molecule has 138 valence electrons. The van der Waals surface area contributed by atoms with E-state index in [-0.39, 0.29) is 24.0 Å². The van der Waals surface area contributed by atoms with Crippen LogP contribution in [0.25, 0.3) is 10.8 Å². The Kier molecular flexibility index (Phi) is 4.50. The second-order valence-corrected chi connectivity index (χ2v) is 6.29. The molecule has 27 heavy (non-hydrogen) atoms. The number of carbonyl (C=O) groups is 1. The van der Waals surface area contributed by atoms with Gasteiger partial charge in [0.1, 0.15) is 0 Å². The van der Waals surface area contributed by atoms with E-state index < -0.39 is 0 Å². The van der Waals surface area contributed by atoms with Crippen LogP contribution in [0.1, 0.15) is 29.4 Å². The average molecular weight is 365 g/mol. The molecule has 7 heteroatoms. The maximum atomic E-state index is 12.8. The normalized spacial score (nSPS) is 12.3. The summed E-state index contributed by atoms with van der Waals surface area (Å²) in [5.74, 6) is 1.04. The number of nitrogens with one attached hydrogen (secondary N) is 1. The Morgan fingerprint density at radius 3 is 2.74 bits per heavy atom. The number of nitrogens with zero attached hydrogens (tertiary/aromatic N) is 2. The fraction of sp³-hybridized carbons (Fsp3) is 0.250. The van der Waals surface area contributed by atoms with Crippen molar-refractivity contribution in [2.75, 3.05) is 6.79 Å². The first-order chi connectivity index (χ1) is 13.2. The molecule has 1 aliphatic rings. The predicted octanol–water partition coefficient (Wildman–Crippen LogP) is 2.47. The molecular formula is C20H19N3O4. The third-order valence-electron chi connectivity index (χ3n) is 4.41. The Hall–Kier alpha value is -3.35. The highest BCUT2D eigenvalue weighted by molar-refractivity contribution is 6.04. The maximum Gasteiger partial charge on any atom is 0.274 e. The first-order valence-electron chi connectivity index (χ1n) is 8.84. The summed E-state index contributed by atoms with van der Waals surface area (Å²) in [6, 6.07) is 12.6. The lowest BCUT2D eigenvalue weighted by Crippen LogP contribution is -2.30. The Morgan fingerprint density at radius 2 is 1.93 bits per heavy atom. The Labute approximate surface area is 155 Å². The van der Waals surface area contributed by atoms with Gasteiger partial charge in [0.2, 0.25) is 6.79 Å². The van der Waals surface area contributed by atoms with Gasteiger partial charge in [0.05, 0.1) is 5.39 Å². The largest absolute Gasteiger partial charge is 0.454 e. The van der Waals surface area contributed by atoms with E-state index in [0.717, 1.165) is 12.0 Å². The van der Waals surface area contributed by atoms with Crippen LogP contribution < -0.4 is 20.3 Å². The average Bonchev–Trinajstić information content (AvgIpc) is 3.16. The van der Waals surface area contributed by atoms with Gasteiger partial charge in [-0.1, -0.05) is 31.2 Å². The summed E-state index contributed by atoms with van der Waals surface area (Å²) in [6.07, 6.45) is 0.753. The van der Waals surface area contributed by atoms with Gasteiger partial charge in [-0.3, -0.25) is 9.59 Å². The molecule has 0 atom stereocenters. The minimum Gasteiger partial charge on any atom is -0.454 e. The molecule has 0 fully saturated rings. The van der Waals surface area contributed by atoms with Crippen molar-refractivity contribution < 1.29 is 14.3 Å². The van der Waals surface area contributed by atoms with E-state index in [9.17, 15) is 9.59 Å². The van der Waals surface area contributed by atoms with Crippen molar-refractivity contribution in [3.8, 4) is 11.5 Å². The molecule has 3 aromatic rings. The van der Waals surface area contributed by atoms with Crippen LogP contribution in [-0.4, -0.2) is 22.5 Å². The topological polar surface area (TPSA) is 82.5 Å². The van der Waals surface area contributed by atoms with E-state index in [0.29, 0.717) is 35.4 Å². The number of ether oxygens (including phenoxy) is 2. The van der Waals surface area contributed by atoms with E-state index in [1.807, 2.05) is 25.1 Å². The van der Waals surface area contributed by atoms with E-state index in [4.69, 9.17) is 9.47 Å². The van der Waals surface area contributed by atoms with Crippen LogP contribution in [0, 0.1) is 0 Å². The minimum absolute atomic E-state index is 0.181. The van der Waals surface area contributed by atoms with Crippen LogP contribution >= 0.6 is 0 Å². The summed E-state index contributed by atoms with van der Waals surface area (Å²) in [7, 11) is 0. The van der Waals surface area contributed by atoms with Crippen molar-refractivity contribution in [3.05, 3.63) is 64.1 Å². The van der Waals surface area contributed by atoms with Crippen molar-refractivity contribution >= 4 is 16.7 Å². The fourth-order valence-corrected chi connectivity index (χ4v) is 3.08. The van der Waals surface area contributed by atoms with Crippen molar-refractivity contribution in [1.29, 1.82) is 0 Å². The number of fused-ring (bicyclic) bond motifs is 2. The number of rotatable bonds is 5. The molecule has 0 aliphatic carbocycles. The van der Waals surface area contributed by atoms with E-state index in [2.05, 4.69) is 10.4 Å². The van der Waals surface area contributed by atoms with E-state index in [1.165, 1.54) is 4.68 Å². The van der Waals surface area contributed by atoms with Crippen molar-refractivity contribution in [2.24, 2.45) is 0 Å². The number of hydrogen-bond acceptors (Lipinski definition) is 5. The fourth-order valence-electron chi connectivity index (χ4n) is 3.08. The molecule has 4 rings (SSSR count). The number of amides is 1. The van der Waals surface area contributed by atoms with Crippen molar-refractivity contribution in [1.82, 2.24) is 15.1 Å². The van der Waals surface area contributed by atoms with E-state index >= 15 is 0 Å². The number of aryl methyl sites for hydroxylation is 1. The molecule has 1 amide bonds. The Morgan fingerprint density at radius 1 is 1.15 bits per heavy atom. The van der Waals surface area contributed by atoms with Crippen LogP contribution in [0.3, 0.4) is 0 Å². The number of carbonyl (C=O) groups excluding carboxylic acids is 1. The van der Waals surface area contributed by atoms with Crippen LogP contribution in [0.5, 0.6) is 11.5 Å². The molecule has 0 radical (unpaired) electrons. The van der Waals surface area contributed by atoms with Crippen molar-refractivity contribution in [3.63, 3.8) is 0 Å². The monoisotopic (exact) mass is 365 g/mol. The Bertz CT molecular complexity index is 1070. The first kappa shape index (κ1) is 17.1. The molecule has 2 heterocycles. The smallest absolute Gasteiger partial charge is 0.274 e. The quantitative estimate of drug-likeness (QED) is 0.751. The molecule has 0 unspecified atom stereocenters. The van der Waals surface area contributed by atoms with Gasteiger partial charge in [0, 0.05) is 18.5 Å². The lowest BCUT2D eigenvalue weighted by atomic mass is 10.1. The summed E-state index contributed by atoms with van der Waals surface area (Å²) in [5, 5.41) is 8.23. The number of hydrogen-bond donors (Lipinski definition) is 1. The summed E-state index contributed by atoms with van der Waals surface area (Å²) in [5.41, 5.74) is 0.956. The molecule has 7 nitrogen and oxygen atoms in total. The molecule has 2 aromatic carbocycles. The first-order valence-corrected chi connectivity index (χ1v) is 8.84. The molecule has 0 saturated heterocycles. The third-order valence-corrected chi connectivity index (χ3v) is 4.41. The second kappa shape index (κ2) is 7.11. The van der Waals surface area contributed by atoms with Gasteiger partial charge in [0.25, 0.3) is 11.5 Å². The van der Waals surface area contributed by atoms with Gasteiger partial charge in [0.15, 0.2) is 17.2 Å². The summed E-state index contributed by atoms with van der Waals surface area (Å²) in [6.45, 7) is 2.95. The lowest BCUT2D eigenvalue weighted by molar-refractivity contribution is 0.0945. The third kappa shape index (κ3) is 3.23. The van der Waals surface area contributed by atoms with Crippen molar-refractivity contribution in [2.45, 2.75) is 26.4 Å². The molecule has 0 spiro atoms. The standard InChI is InChI=1S/C20H19N3O4/c1-2-9-23-20(25)15-6-4-3-5-14(15)18(22-23)19(24)21-11-13-7-8-16-17(10-13)27-12-26-16/h3-8,10H,2,9,11-12H2,1H3,(H,21,24). The summed E-state index contributed by atoms with van der Waals surface area (Å²) >= 11 is 0. The van der Waals surface area contributed by atoms with Crippen LogP contribution in [0.4, 0.5) is 0 Å². The maximum absolute atomic E-state index is 12.8. The molecule has 1 N–H and O–H groups in total. The molecule has 1 aromatic heterocycles. The molecule has 0 saturated carbocycles. The van der Waals surface area contributed by atoms with Crippen LogP contribution in [-0.2, 0) is 13.1 Å². The van der Waals surface area contributed by atoms with Gasteiger partial charge >= 0.3 is 0 Å². The highest BCUT2D eigenvalue weighted by atomic mass is 16.7. The Balaban J connectivity index is 1.62. The van der Waals surface area contributed by atoms with Gasteiger partial charge in [-0.05, 0) is 30.2 Å². The molecule has 0 bridgehead atoms. The zero-order valence-corrected chi connectivity index (χ0v) is 14.9. The SMILES string of the molecule is CCCn1nc(C(=O)NCc2ccc3c(c2)OCO3)c2ccccc2c1=O. The summed E-state index contributed by atoms with van der Waals surface area (Å²) in [4.78, 5) is 25.3. The summed E-state index contributed by atoms with van der Waals surface area (Å²) < 4.78 is 12.0. The second-order valence-electron chi connectivity index (χ2n) is 6.29. The zero-order valence-electron chi connectivity index (χ0n) is 14.9. The molecule has 1 aliphatic heterocycles. The van der Waals surface area contributed by atoms with Gasteiger partial charge < -0.3 is 14.8 Å². The van der Waals surface area contributed by atoms with E-state index in [1.54, 1.807) is 24.3 Å². The zero-order chi connectivity index (χ0) is 18.8. The lowest BCUT2D eigenvalue weighted by Gasteiger charge is -2.11. The number of benzene rings is 2. The van der Waals surface area contributed by atoms with Gasteiger partial charge in [-0.2, -0.15) is 5.10 Å². The predicted molar refractivity (Wildman–Crippen MR) is 100 cm³/mol. The number of aromatic nitrogens is 2. The highest BCUT2D eigenvalue weighted by Crippen LogP contribution is 2.32. The minimum atomic E-state index is -0.325. The van der Waals surface area contributed by atoms with Crippen LogP contribution in [0.15, 0.2) is 47.3 Å². The van der Waals surface area contributed by atoms with Crippen LogP contribution in [0.2, 0.25) is 0 Å².